The zero-order valence-electron chi connectivity index (χ0n) is 9.25. The Hall–Kier alpha value is -1.09. The maximum Gasteiger partial charge on any atom is 0.139 e. The van der Waals surface area contributed by atoms with E-state index in [2.05, 4.69) is 5.32 Å². The lowest BCUT2D eigenvalue weighted by molar-refractivity contribution is 0.469. The van der Waals surface area contributed by atoms with Crippen molar-refractivity contribution >= 4 is 40.5 Å². The number of halogens is 3. The Balaban J connectivity index is 2.16. The molecule has 0 fully saturated rings. The van der Waals surface area contributed by atoms with Crippen LogP contribution in [0.5, 0.6) is 5.75 Å². The Labute approximate surface area is 120 Å². The van der Waals surface area contributed by atoms with Gasteiger partial charge in [0.1, 0.15) is 5.75 Å². The first-order chi connectivity index (χ1) is 8.58. The van der Waals surface area contributed by atoms with Crippen molar-refractivity contribution in [2.75, 3.05) is 5.32 Å². The Morgan fingerprint density at radius 3 is 2.56 bits per heavy atom. The average Bonchev–Trinajstić information content (AvgIpc) is 2.35. The fourth-order valence-electron chi connectivity index (χ4n) is 1.53. The van der Waals surface area contributed by atoms with Crippen LogP contribution in [-0.2, 0) is 6.54 Å². The fourth-order valence-corrected chi connectivity index (χ4v) is 2.08. The predicted octanol–water partition coefficient (Wildman–Crippen LogP) is 4.96. The largest absolute Gasteiger partial charge is 0.506 e. The lowest BCUT2D eigenvalue weighted by Gasteiger charge is -2.10. The molecule has 0 bridgehead atoms. The third-order valence-corrected chi connectivity index (χ3v) is 3.34. The van der Waals surface area contributed by atoms with Crippen molar-refractivity contribution in [2.45, 2.75) is 6.54 Å². The summed E-state index contributed by atoms with van der Waals surface area (Å²) in [5.74, 6) is 0.0739. The van der Waals surface area contributed by atoms with E-state index < -0.39 is 0 Å². The van der Waals surface area contributed by atoms with E-state index in [-0.39, 0.29) is 5.75 Å². The van der Waals surface area contributed by atoms with Gasteiger partial charge in [-0.1, -0.05) is 46.9 Å². The van der Waals surface area contributed by atoms with Crippen LogP contribution in [0, 0.1) is 0 Å². The second-order valence-corrected chi connectivity index (χ2v) is 4.98. The number of rotatable bonds is 3. The smallest absolute Gasteiger partial charge is 0.139 e. The van der Waals surface area contributed by atoms with Crippen molar-refractivity contribution < 1.29 is 5.11 Å². The summed E-state index contributed by atoms with van der Waals surface area (Å²) in [6.45, 7) is 0.409. The normalized spacial score (nSPS) is 10.4. The topological polar surface area (TPSA) is 32.3 Å². The van der Waals surface area contributed by atoms with Gasteiger partial charge >= 0.3 is 0 Å². The van der Waals surface area contributed by atoms with Gasteiger partial charge in [-0.2, -0.15) is 0 Å². The molecule has 2 nitrogen and oxygen atoms in total. The average molecular weight is 303 g/mol. The van der Waals surface area contributed by atoms with Gasteiger partial charge < -0.3 is 10.4 Å². The molecular formula is C13H10Cl3NO. The van der Waals surface area contributed by atoms with Gasteiger partial charge in [0.05, 0.1) is 15.7 Å². The van der Waals surface area contributed by atoms with Crippen LogP contribution in [0.4, 0.5) is 5.69 Å². The second kappa shape index (κ2) is 5.70. The van der Waals surface area contributed by atoms with Crippen LogP contribution in [0.2, 0.25) is 15.1 Å². The van der Waals surface area contributed by atoms with E-state index in [9.17, 15) is 5.11 Å². The van der Waals surface area contributed by atoms with Gasteiger partial charge in [-0.25, -0.2) is 0 Å². The number of phenols is 1. The maximum absolute atomic E-state index is 9.77. The number of benzene rings is 2. The third-order valence-electron chi connectivity index (χ3n) is 2.47. The molecule has 2 aromatic carbocycles. The molecule has 0 aliphatic heterocycles. The number of hydrogen-bond donors (Lipinski definition) is 2. The summed E-state index contributed by atoms with van der Waals surface area (Å²) in [6.07, 6.45) is 0. The molecule has 0 atom stereocenters. The van der Waals surface area contributed by atoms with Crippen molar-refractivity contribution in [1.29, 1.82) is 0 Å². The molecule has 0 aliphatic rings. The van der Waals surface area contributed by atoms with Crippen molar-refractivity contribution in [1.82, 2.24) is 0 Å². The van der Waals surface area contributed by atoms with E-state index >= 15 is 0 Å². The fraction of sp³-hybridized carbons (Fsp3) is 0.0769. The number of aromatic hydroxyl groups is 1. The minimum absolute atomic E-state index is 0.0739. The molecule has 0 aromatic heterocycles. The van der Waals surface area contributed by atoms with Crippen LogP contribution >= 0.6 is 34.8 Å². The number of phenolic OH excluding ortho intramolecular Hbond substituents is 1. The zero-order valence-corrected chi connectivity index (χ0v) is 11.5. The zero-order chi connectivity index (χ0) is 13.1. The number of anilines is 1. The molecule has 0 heterocycles. The van der Waals surface area contributed by atoms with Gasteiger partial charge in [0, 0.05) is 17.1 Å². The summed E-state index contributed by atoms with van der Waals surface area (Å²) in [7, 11) is 0. The Kier molecular flexibility index (Phi) is 4.23. The van der Waals surface area contributed by atoms with Crippen LogP contribution in [-0.4, -0.2) is 5.11 Å². The monoisotopic (exact) mass is 301 g/mol. The number of para-hydroxylation sites is 1. The highest BCUT2D eigenvalue weighted by Gasteiger charge is 2.06. The van der Waals surface area contributed by atoms with Crippen molar-refractivity contribution in [2.24, 2.45) is 0 Å². The molecule has 0 radical (unpaired) electrons. The van der Waals surface area contributed by atoms with Gasteiger partial charge in [-0.15, -0.1) is 0 Å². The van der Waals surface area contributed by atoms with Crippen LogP contribution < -0.4 is 5.32 Å². The molecule has 5 heteroatoms. The molecule has 2 rings (SSSR count). The molecule has 2 aromatic rings. The summed E-state index contributed by atoms with van der Waals surface area (Å²) in [4.78, 5) is 0. The van der Waals surface area contributed by atoms with E-state index in [1.807, 2.05) is 0 Å². The van der Waals surface area contributed by atoms with E-state index in [4.69, 9.17) is 34.8 Å². The van der Waals surface area contributed by atoms with Crippen LogP contribution in [0.15, 0.2) is 36.4 Å². The van der Waals surface area contributed by atoms with E-state index in [0.717, 1.165) is 0 Å². The van der Waals surface area contributed by atoms with E-state index in [1.165, 1.54) is 0 Å². The van der Waals surface area contributed by atoms with Crippen LogP contribution in [0.1, 0.15) is 5.56 Å². The van der Waals surface area contributed by atoms with Gasteiger partial charge in [0.15, 0.2) is 0 Å². The molecule has 0 saturated carbocycles. The minimum atomic E-state index is 0.0739. The molecule has 18 heavy (non-hydrogen) atoms. The first-order valence-electron chi connectivity index (χ1n) is 5.23. The van der Waals surface area contributed by atoms with Gasteiger partial charge in [-0.3, -0.25) is 0 Å². The second-order valence-electron chi connectivity index (χ2n) is 3.73. The Morgan fingerprint density at radius 2 is 1.78 bits per heavy atom. The Morgan fingerprint density at radius 1 is 1.00 bits per heavy atom. The SMILES string of the molecule is Oc1c(Cl)cccc1CNc1cc(Cl)ccc1Cl. The minimum Gasteiger partial charge on any atom is -0.506 e. The van der Waals surface area contributed by atoms with Gasteiger partial charge in [-0.05, 0) is 24.3 Å². The molecule has 94 valence electrons. The highest BCUT2D eigenvalue weighted by molar-refractivity contribution is 6.35. The quantitative estimate of drug-likeness (QED) is 0.839. The third kappa shape index (κ3) is 3.02. The number of nitrogens with one attached hydrogen (secondary N) is 1. The van der Waals surface area contributed by atoms with Crippen molar-refractivity contribution in [3.8, 4) is 5.75 Å². The predicted molar refractivity (Wildman–Crippen MR) is 76.9 cm³/mol. The van der Waals surface area contributed by atoms with Crippen LogP contribution in [0.25, 0.3) is 0 Å². The maximum atomic E-state index is 9.77. The molecule has 0 aliphatic carbocycles. The lowest BCUT2D eigenvalue weighted by atomic mass is 10.2. The first kappa shape index (κ1) is 13.3. The summed E-state index contributed by atoms with van der Waals surface area (Å²) >= 11 is 17.7. The molecular weight excluding hydrogens is 293 g/mol. The summed E-state index contributed by atoms with van der Waals surface area (Å²) < 4.78 is 0. The van der Waals surface area contributed by atoms with Gasteiger partial charge in [0.25, 0.3) is 0 Å². The molecule has 0 unspecified atom stereocenters. The molecule has 0 spiro atoms. The highest BCUT2D eigenvalue weighted by atomic mass is 35.5. The summed E-state index contributed by atoms with van der Waals surface area (Å²) in [6, 6.07) is 10.3. The standard InChI is InChI=1S/C13H10Cl3NO/c14-9-4-5-10(15)12(6-9)17-7-8-2-1-3-11(16)13(8)18/h1-6,17-18H,7H2. The first-order valence-corrected chi connectivity index (χ1v) is 6.36. The van der Waals surface area contributed by atoms with E-state index in [1.54, 1.807) is 36.4 Å². The molecule has 2 N–H and O–H groups in total. The van der Waals surface area contributed by atoms with E-state index in [0.29, 0.717) is 32.9 Å². The van der Waals surface area contributed by atoms with Crippen molar-refractivity contribution in [3.05, 3.63) is 57.0 Å². The highest BCUT2D eigenvalue weighted by Crippen LogP contribution is 2.29. The summed E-state index contributed by atoms with van der Waals surface area (Å²) in [5.41, 5.74) is 1.40. The van der Waals surface area contributed by atoms with Crippen LogP contribution in [0.3, 0.4) is 0 Å². The lowest BCUT2D eigenvalue weighted by Crippen LogP contribution is -2.00. The number of hydrogen-bond acceptors (Lipinski definition) is 2. The Bertz CT molecular complexity index is 570. The van der Waals surface area contributed by atoms with Gasteiger partial charge in [0.2, 0.25) is 0 Å². The summed E-state index contributed by atoms with van der Waals surface area (Å²) in [5, 5.41) is 14.4. The molecule has 0 saturated heterocycles. The van der Waals surface area contributed by atoms with Crippen molar-refractivity contribution in [3.63, 3.8) is 0 Å². The molecule has 0 amide bonds.